The molecule has 2 rings (SSSR count). The van der Waals surface area contributed by atoms with Crippen LogP contribution in [0.15, 0.2) is 54.2 Å². The van der Waals surface area contributed by atoms with Crippen molar-refractivity contribution in [3.05, 3.63) is 59.7 Å². The van der Waals surface area contributed by atoms with Gasteiger partial charge in [0, 0.05) is 24.5 Å². The second-order valence-electron chi connectivity index (χ2n) is 5.17. The van der Waals surface area contributed by atoms with Gasteiger partial charge in [0.2, 0.25) is 6.41 Å². The summed E-state index contributed by atoms with van der Waals surface area (Å²) in [7, 11) is 0. The van der Waals surface area contributed by atoms with Gasteiger partial charge in [0.1, 0.15) is 0 Å². The number of aryl methyl sites for hydroxylation is 1. The number of piperidine rings is 1. The molecule has 1 N–H and O–H groups in total. The van der Waals surface area contributed by atoms with Gasteiger partial charge >= 0.3 is 0 Å². The van der Waals surface area contributed by atoms with Crippen molar-refractivity contribution in [3.8, 4) is 0 Å². The van der Waals surface area contributed by atoms with E-state index in [4.69, 9.17) is 0 Å². The largest absolute Gasteiger partial charge is 0.367 e. The number of carbonyl (C=O) groups is 1. The lowest BCUT2D eigenvalue weighted by Gasteiger charge is -2.32. The minimum absolute atomic E-state index is 0.714. The Labute approximate surface area is 126 Å². The highest BCUT2D eigenvalue weighted by Crippen LogP contribution is 2.29. The van der Waals surface area contributed by atoms with Crippen molar-refractivity contribution in [1.29, 1.82) is 0 Å². The maximum atomic E-state index is 10.6. The van der Waals surface area contributed by atoms with Crippen molar-refractivity contribution < 1.29 is 4.79 Å². The van der Waals surface area contributed by atoms with Gasteiger partial charge in [-0.25, -0.2) is 0 Å². The molecule has 0 saturated carbocycles. The smallest absolute Gasteiger partial charge is 0.211 e. The van der Waals surface area contributed by atoms with Crippen LogP contribution in [0.1, 0.15) is 18.9 Å². The predicted molar refractivity (Wildman–Crippen MR) is 89.7 cm³/mol. The molecule has 1 aliphatic rings. The van der Waals surface area contributed by atoms with Crippen molar-refractivity contribution in [2.45, 2.75) is 20.3 Å². The normalized spacial score (nSPS) is 18.9. The van der Waals surface area contributed by atoms with Crippen molar-refractivity contribution in [2.75, 3.05) is 23.3 Å². The lowest BCUT2D eigenvalue weighted by atomic mass is 9.96. The fourth-order valence-electron chi connectivity index (χ4n) is 2.72. The van der Waals surface area contributed by atoms with Crippen molar-refractivity contribution in [3.63, 3.8) is 0 Å². The van der Waals surface area contributed by atoms with Crippen LogP contribution in [0, 0.1) is 6.92 Å². The molecule has 1 aromatic rings. The highest BCUT2D eigenvalue weighted by Gasteiger charge is 2.18. The number of carbonyl (C=O) groups excluding carboxylic acids is 1. The molecule has 3 nitrogen and oxygen atoms in total. The van der Waals surface area contributed by atoms with Gasteiger partial charge in [0.15, 0.2) is 0 Å². The second-order valence-corrected chi connectivity index (χ2v) is 5.17. The van der Waals surface area contributed by atoms with E-state index >= 15 is 0 Å². The van der Waals surface area contributed by atoms with Gasteiger partial charge < -0.3 is 10.2 Å². The van der Waals surface area contributed by atoms with E-state index in [1.807, 2.05) is 19.1 Å². The number of rotatable bonds is 4. The Hall–Kier alpha value is -2.29. The summed E-state index contributed by atoms with van der Waals surface area (Å²) in [5, 5.41) is 2.72. The molecule has 1 saturated heterocycles. The van der Waals surface area contributed by atoms with E-state index in [1.165, 1.54) is 16.8 Å². The lowest BCUT2D eigenvalue weighted by molar-refractivity contribution is -0.105. The zero-order valence-corrected chi connectivity index (χ0v) is 12.7. The van der Waals surface area contributed by atoms with Gasteiger partial charge in [-0.2, -0.15) is 0 Å². The summed E-state index contributed by atoms with van der Waals surface area (Å²) in [6.07, 6.45) is 7.89. The Bertz CT molecular complexity index is 599. The number of allylic oxidation sites excluding steroid dienone is 3. The van der Waals surface area contributed by atoms with E-state index in [1.54, 1.807) is 0 Å². The van der Waals surface area contributed by atoms with Gasteiger partial charge in [-0.15, -0.1) is 0 Å². The molecule has 1 heterocycles. The minimum atomic E-state index is 0.714. The number of amides is 1. The van der Waals surface area contributed by atoms with Crippen molar-refractivity contribution >= 4 is 17.8 Å². The third-order valence-electron chi connectivity index (χ3n) is 3.88. The van der Waals surface area contributed by atoms with Crippen LogP contribution in [0.25, 0.3) is 0 Å². The molecule has 3 heteroatoms. The molecule has 1 aliphatic heterocycles. The van der Waals surface area contributed by atoms with Gasteiger partial charge in [-0.05, 0) is 55.2 Å². The summed E-state index contributed by atoms with van der Waals surface area (Å²) < 4.78 is 0. The number of hydrogen-bond donors (Lipinski definition) is 1. The fraction of sp³-hybridized carbons (Fsp3) is 0.278. The van der Waals surface area contributed by atoms with E-state index < -0.39 is 0 Å². The van der Waals surface area contributed by atoms with E-state index in [2.05, 4.69) is 48.0 Å². The Morgan fingerprint density at radius 2 is 2.14 bits per heavy atom. The predicted octanol–water partition coefficient (Wildman–Crippen LogP) is 3.83. The Kier molecular flexibility index (Phi) is 4.99. The standard InChI is InChI=1S/C18H22N2O/c1-4-6-16-12-20(10-9-15(16)5-2)17-7-8-18(19-13-21)14(3)11-17/h4-8,11,13H,1,9-10,12H2,2-3H3,(H,19,21)/b15-5-,16-6-. The molecule has 0 atom stereocenters. The third kappa shape index (κ3) is 3.43. The van der Waals surface area contributed by atoms with Gasteiger partial charge in [0.25, 0.3) is 0 Å². The van der Waals surface area contributed by atoms with E-state index in [-0.39, 0.29) is 0 Å². The summed E-state index contributed by atoms with van der Waals surface area (Å²) in [6, 6.07) is 6.14. The molecule has 1 amide bonds. The average molecular weight is 282 g/mol. The molecule has 1 aromatic carbocycles. The third-order valence-corrected chi connectivity index (χ3v) is 3.88. The summed E-state index contributed by atoms with van der Waals surface area (Å²) >= 11 is 0. The van der Waals surface area contributed by atoms with Crippen LogP contribution in [-0.4, -0.2) is 19.5 Å². The summed E-state index contributed by atoms with van der Waals surface area (Å²) in [5.41, 5.74) is 5.86. The number of nitrogens with one attached hydrogen (secondary N) is 1. The van der Waals surface area contributed by atoms with Crippen molar-refractivity contribution in [2.24, 2.45) is 0 Å². The summed E-state index contributed by atoms with van der Waals surface area (Å²) in [6.45, 7) is 9.81. The molecular formula is C18H22N2O. The topological polar surface area (TPSA) is 32.3 Å². The average Bonchev–Trinajstić information content (AvgIpc) is 2.50. The molecular weight excluding hydrogens is 260 g/mol. The molecule has 0 aliphatic carbocycles. The maximum Gasteiger partial charge on any atom is 0.211 e. The molecule has 110 valence electrons. The van der Waals surface area contributed by atoms with Gasteiger partial charge in [0.05, 0.1) is 0 Å². The molecule has 0 aromatic heterocycles. The maximum absolute atomic E-state index is 10.6. The first kappa shape index (κ1) is 15.1. The number of benzene rings is 1. The number of nitrogens with zero attached hydrogens (tertiary/aromatic N) is 1. The van der Waals surface area contributed by atoms with Crippen LogP contribution in [0.5, 0.6) is 0 Å². The number of anilines is 2. The minimum Gasteiger partial charge on any atom is -0.367 e. The SMILES string of the molecule is C=C/C=C1/CN(c2ccc(NC=O)c(C)c2)CC/C1=C/C. The first-order valence-electron chi connectivity index (χ1n) is 7.22. The van der Waals surface area contributed by atoms with E-state index in [0.29, 0.717) is 6.41 Å². The quantitative estimate of drug-likeness (QED) is 0.851. The van der Waals surface area contributed by atoms with Crippen molar-refractivity contribution in [1.82, 2.24) is 0 Å². The van der Waals surface area contributed by atoms with E-state index in [0.717, 1.165) is 30.8 Å². The summed E-state index contributed by atoms with van der Waals surface area (Å²) in [4.78, 5) is 12.9. The molecule has 0 unspecified atom stereocenters. The Morgan fingerprint density at radius 1 is 1.33 bits per heavy atom. The van der Waals surface area contributed by atoms with Gasteiger partial charge in [-0.3, -0.25) is 4.79 Å². The van der Waals surface area contributed by atoms with Crippen LogP contribution in [-0.2, 0) is 4.79 Å². The second kappa shape index (κ2) is 6.93. The van der Waals surface area contributed by atoms with Crippen LogP contribution in [0.4, 0.5) is 11.4 Å². The Morgan fingerprint density at radius 3 is 2.76 bits per heavy atom. The molecule has 0 radical (unpaired) electrons. The highest BCUT2D eigenvalue weighted by atomic mass is 16.1. The lowest BCUT2D eigenvalue weighted by Crippen LogP contribution is -2.32. The highest BCUT2D eigenvalue weighted by molar-refractivity contribution is 5.75. The Balaban J connectivity index is 2.23. The van der Waals surface area contributed by atoms with Crippen LogP contribution < -0.4 is 10.2 Å². The molecule has 0 spiro atoms. The van der Waals surface area contributed by atoms with Crippen LogP contribution >= 0.6 is 0 Å². The van der Waals surface area contributed by atoms with Crippen LogP contribution in [0.2, 0.25) is 0 Å². The zero-order chi connectivity index (χ0) is 15.2. The van der Waals surface area contributed by atoms with Crippen LogP contribution in [0.3, 0.4) is 0 Å². The van der Waals surface area contributed by atoms with E-state index in [9.17, 15) is 4.79 Å². The monoisotopic (exact) mass is 282 g/mol. The number of hydrogen-bond acceptors (Lipinski definition) is 2. The first-order chi connectivity index (χ1) is 10.2. The molecule has 21 heavy (non-hydrogen) atoms. The molecule has 1 fully saturated rings. The zero-order valence-electron chi connectivity index (χ0n) is 12.7. The summed E-state index contributed by atoms with van der Waals surface area (Å²) in [5.74, 6) is 0. The fourth-order valence-corrected chi connectivity index (χ4v) is 2.72. The van der Waals surface area contributed by atoms with Gasteiger partial charge in [-0.1, -0.05) is 24.8 Å². The molecule has 0 bridgehead atoms. The first-order valence-corrected chi connectivity index (χ1v) is 7.22.